The van der Waals surface area contributed by atoms with Crippen LogP contribution in [0.15, 0.2) is 18.2 Å². The topological polar surface area (TPSA) is 35.2 Å². The van der Waals surface area contributed by atoms with Crippen molar-refractivity contribution >= 4 is 45.2 Å². The van der Waals surface area contributed by atoms with Crippen LogP contribution in [0.4, 0.5) is 0 Å². The van der Waals surface area contributed by atoms with E-state index >= 15 is 0 Å². The molecule has 0 heterocycles. The van der Waals surface area contributed by atoms with E-state index in [1.54, 1.807) is 0 Å². The van der Waals surface area contributed by atoms with E-state index in [0.29, 0.717) is 6.61 Å². The summed E-state index contributed by atoms with van der Waals surface area (Å²) in [5, 5.41) is 0. The summed E-state index contributed by atoms with van der Waals surface area (Å²) in [6.07, 6.45) is 0. The van der Waals surface area contributed by atoms with E-state index in [0.717, 1.165) is 5.75 Å². The maximum absolute atomic E-state index is 5.59. The quantitative estimate of drug-likeness (QED) is 0.789. The largest absolute Gasteiger partial charge is 0.492 e. The van der Waals surface area contributed by atoms with Crippen molar-refractivity contribution < 1.29 is 4.74 Å². The molecule has 1 aromatic rings. The number of halogens is 2. The summed E-state index contributed by atoms with van der Waals surface area (Å²) >= 11 is 4.54. The Morgan fingerprint density at radius 1 is 1.31 bits per heavy atom. The van der Waals surface area contributed by atoms with Gasteiger partial charge >= 0.3 is 0 Å². The number of rotatable bonds is 3. The van der Waals surface area contributed by atoms with Gasteiger partial charge in [0.05, 0.1) is 0 Å². The van der Waals surface area contributed by atoms with Crippen molar-refractivity contribution in [2.75, 3.05) is 6.61 Å². The van der Waals surface area contributed by atoms with Gasteiger partial charge in [-0.25, -0.2) is 0 Å². The molecule has 0 fully saturated rings. The zero-order chi connectivity index (χ0) is 9.84. The van der Waals surface area contributed by atoms with E-state index in [4.69, 9.17) is 10.5 Å². The molecule has 0 spiro atoms. The minimum Gasteiger partial charge on any atom is -0.492 e. The lowest BCUT2D eigenvalue weighted by Crippen LogP contribution is -2.23. The molecule has 2 nitrogen and oxygen atoms in total. The Hall–Kier alpha value is 0.440. The van der Waals surface area contributed by atoms with Crippen LogP contribution in [0, 0.1) is 7.14 Å². The van der Waals surface area contributed by atoms with E-state index in [-0.39, 0.29) is 6.04 Å². The van der Waals surface area contributed by atoms with Gasteiger partial charge in [0.2, 0.25) is 0 Å². The summed E-state index contributed by atoms with van der Waals surface area (Å²) in [7, 11) is 0. The molecule has 1 atom stereocenters. The van der Waals surface area contributed by atoms with Crippen LogP contribution in [0.25, 0.3) is 0 Å². The molecule has 0 aliphatic heterocycles. The van der Waals surface area contributed by atoms with Crippen LogP contribution in [0.1, 0.15) is 6.92 Å². The van der Waals surface area contributed by atoms with Gasteiger partial charge < -0.3 is 10.5 Å². The molecule has 2 N–H and O–H groups in total. The van der Waals surface area contributed by atoms with Crippen molar-refractivity contribution in [2.24, 2.45) is 5.73 Å². The molecule has 4 heteroatoms. The second-order valence-corrected chi connectivity index (χ2v) is 5.38. The molecule has 0 aromatic heterocycles. The van der Waals surface area contributed by atoms with Crippen molar-refractivity contribution in [1.29, 1.82) is 0 Å². The van der Waals surface area contributed by atoms with Crippen LogP contribution in [-0.2, 0) is 0 Å². The fourth-order valence-electron chi connectivity index (χ4n) is 0.840. The minimum atomic E-state index is 0.0792. The van der Waals surface area contributed by atoms with Crippen LogP contribution >= 0.6 is 45.2 Å². The zero-order valence-electron chi connectivity index (χ0n) is 7.26. The lowest BCUT2D eigenvalue weighted by atomic mass is 10.3. The van der Waals surface area contributed by atoms with Crippen LogP contribution in [0.5, 0.6) is 5.75 Å². The average molecular weight is 403 g/mol. The molecular formula is C9H11I2NO. The highest BCUT2D eigenvalue weighted by molar-refractivity contribution is 14.1. The summed E-state index contributed by atoms with van der Waals surface area (Å²) in [6, 6.07) is 6.19. The Morgan fingerprint density at radius 2 is 1.85 bits per heavy atom. The first kappa shape index (κ1) is 11.5. The fraction of sp³-hybridized carbons (Fsp3) is 0.333. The summed E-state index contributed by atoms with van der Waals surface area (Å²) in [4.78, 5) is 0. The van der Waals surface area contributed by atoms with Crippen molar-refractivity contribution in [3.8, 4) is 5.75 Å². The molecule has 72 valence electrons. The van der Waals surface area contributed by atoms with Gasteiger partial charge in [0.1, 0.15) is 12.4 Å². The van der Waals surface area contributed by atoms with Crippen LogP contribution in [-0.4, -0.2) is 12.6 Å². The standard InChI is InChI=1S/C9H11I2NO/c1-6(12)5-13-9-3-7(10)2-8(11)4-9/h2-4,6H,5,12H2,1H3. The lowest BCUT2D eigenvalue weighted by Gasteiger charge is -2.09. The molecule has 0 amide bonds. The first-order valence-corrected chi connectivity index (χ1v) is 6.08. The Labute approximate surface area is 106 Å². The highest BCUT2D eigenvalue weighted by Gasteiger charge is 1.99. The smallest absolute Gasteiger partial charge is 0.121 e. The number of hydrogen-bond donors (Lipinski definition) is 1. The van der Waals surface area contributed by atoms with Crippen LogP contribution in [0.3, 0.4) is 0 Å². The zero-order valence-corrected chi connectivity index (χ0v) is 11.6. The molecule has 0 aliphatic carbocycles. The Kier molecular flexibility index (Phi) is 4.74. The molecule has 0 saturated carbocycles. The number of benzene rings is 1. The van der Waals surface area contributed by atoms with Crippen molar-refractivity contribution in [3.05, 3.63) is 25.3 Å². The van der Waals surface area contributed by atoms with Gasteiger partial charge in [-0.05, 0) is 70.3 Å². The molecule has 1 aromatic carbocycles. The third-order valence-electron chi connectivity index (χ3n) is 1.35. The number of nitrogens with two attached hydrogens (primary N) is 1. The van der Waals surface area contributed by atoms with E-state index < -0.39 is 0 Å². The van der Waals surface area contributed by atoms with E-state index in [1.165, 1.54) is 7.14 Å². The monoisotopic (exact) mass is 403 g/mol. The van der Waals surface area contributed by atoms with E-state index in [9.17, 15) is 0 Å². The summed E-state index contributed by atoms with van der Waals surface area (Å²) < 4.78 is 7.86. The van der Waals surface area contributed by atoms with Gasteiger partial charge in [0.25, 0.3) is 0 Å². The molecular weight excluding hydrogens is 392 g/mol. The van der Waals surface area contributed by atoms with Gasteiger partial charge in [0, 0.05) is 13.2 Å². The third kappa shape index (κ3) is 4.46. The van der Waals surface area contributed by atoms with Crippen molar-refractivity contribution in [2.45, 2.75) is 13.0 Å². The van der Waals surface area contributed by atoms with Gasteiger partial charge in [-0.2, -0.15) is 0 Å². The second kappa shape index (κ2) is 5.35. The predicted molar refractivity (Wildman–Crippen MR) is 71.0 cm³/mol. The van der Waals surface area contributed by atoms with E-state index in [2.05, 4.69) is 51.2 Å². The first-order chi connectivity index (χ1) is 6.08. The second-order valence-electron chi connectivity index (χ2n) is 2.89. The lowest BCUT2D eigenvalue weighted by molar-refractivity contribution is 0.296. The third-order valence-corrected chi connectivity index (χ3v) is 2.59. The molecule has 13 heavy (non-hydrogen) atoms. The molecule has 1 unspecified atom stereocenters. The number of hydrogen-bond acceptors (Lipinski definition) is 2. The Balaban J connectivity index is 2.66. The molecule has 1 rings (SSSR count). The van der Waals surface area contributed by atoms with Gasteiger partial charge in [0.15, 0.2) is 0 Å². The summed E-state index contributed by atoms with van der Waals surface area (Å²) in [5.74, 6) is 0.897. The SMILES string of the molecule is CC(N)COc1cc(I)cc(I)c1. The molecule has 0 saturated heterocycles. The van der Waals surface area contributed by atoms with Gasteiger partial charge in [-0.1, -0.05) is 0 Å². The van der Waals surface area contributed by atoms with Crippen molar-refractivity contribution in [3.63, 3.8) is 0 Å². The fourth-order valence-corrected chi connectivity index (χ4v) is 2.72. The van der Waals surface area contributed by atoms with Crippen LogP contribution < -0.4 is 10.5 Å². The first-order valence-electron chi connectivity index (χ1n) is 3.92. The molecule has 0 aliphatic rings. The normalized spacial score (nSPS) is 12.6. The summed E-state index contributed by atoms with van der Waals surface area (Å²) in [5.41, 5.74) is 5.59. The van der Waals surface area contributed by atoms with E-state index in [1.807, 2.05) is 19.1 Å². The average Bonchev–Trinajstić information content (AvgIpc) is 1.99. The maximum Gasteiger partial charge on any atom is 0.121 e. The summed E-state index contributed by atoms with van der Waals surface area (Å²) in [6.45, 7) is 2.50. The predicted octanol–water partition coefficient (Wildman–Crippen LogP) is 2.62. The Bertz CT molecular complexity index is 269. The minimum absolute atomic E-state index is 0.0792. The van der Waals surface area contributed by atoms with Gasteiger partial charge in [-0.3, -0.25) is 0 Å². The van der Waals surface area contributed by atoms with Crippen LogP contribution in [0.2, 0.25) is 0 Å². The highest BCUT2D eigenvalue weighted by atomic mass is 127. The van der Waals surface area contributed by atoms with Crippen molar-refractivity contribution in [1.82, 2.24) is 0 Å². The highest BCUT2D eigenvalue weighted by Crippen LogP contribution is 2.19. The molecule has 0 radical (unpaired) electrons. The Morgan fingerprint density at radius 3 is 2.31 bits per heavy atom. The maximum atomic E-state index is 5.59. The molecule has 0 bridgehead atoms. The number of ether oxygens (including phenoxy) is 1. The van der Waals surface area contributed by atoms with Gasteiger partial charge in [-0.15, -0.1) is 0 Å².